The normalized spacial score (nSPS) is 30.0. The van der Waals surface area contributed by atoms with Crippen molar-refractivity contribution in [2.75, 3.05) is 0 Å². The molecule has 3 heteroatoms. The van der Waals surface area contributed by atoms with Crippen LogP contribution in [0.3, 0.4) is 0 Å². The summed E-state index contributed by atoms with van der Waals surface area (Å²) in [6, 6.07) is 0. The average molecular weight is 159 g/mol. The molecule has 2 atom stereocenters. The molecule has 0 aromatic carbocycles. The molecule has 0 spiro atoms. The standard InChI is InChI=1S/C8H17NO2/c1-2-3-4-5-7-6-8(10-7)11-9/h7-8H,2-6,9H2,1H3. The molecule has 0 bridgehead atoms. The van der Waals surface area contributed by atoms with Crippen LogP contribution in [0.2, 0.25) is 0 Å². The van der Waals surface area contributed by atoms with Gasteiger partial charge in [0.1, 0.15) is 0 Å². The fourth-order valence-corrected chi connectivity index (χ4v) is 1.31. The van der Waals surface area contributed by atoms with Crippen LogP contribution in [0.1, 0.15) is 39.0 Å². The van der Waals surface area contributed by atoms with E-state index in [4.69, 9.17) is 10.6 Å². The molecule has 0 amide bonds. The van der Waals surface area contributed by atoms with Gasteiger partial charge in [-0.3, -0.25) is 4.84 Å². The second kappa shape index (κ2) is 4.70. The van der Waals surface area contributed by atoms with Crippen LogP contribution in [0.5, 0.6) is 0 Å². The highest BCUT2D eigenvalue weighted by Crippen LogP contribution is 2.24. The zero-order valence-corrected chi connectivity index (χ0v) is 7.08. The molecular formula is C8H17NO2. The Morgan fingerprint density at radius 3 is 2.82 bits per heavy atom. The lowest BCUT2D eigenvalue weighted by molar-refractivity contribution is -0.260. The second-order valence-electron chi connectivity index (χ2n) is 3.06. The van der Waals surface area contributed by atoms with Crippen molar-refractivity contribution in [1.82, 2.24) is 0 Å². The van der Waals surface area contributed by atoms with E-state index in [0.717, 1.165) is 12.8 Å². The van der Waals surface area contributed by atoms with Crippen LogP contribution in [-0.4, -0.2) is 12.4 Å². The Bertz CT molecular complexity index is 102. The number of hydrogen-bond donors (Lipinski definition) is 1. The van der Waals surface area contributed by atoms with Crippen molar-refractivity contribution in [2.24, 2.45) is 5.90 Å². The molecule has 1 fully saturated rings. The molecule has 0 saturated carbocycles. The van der Waals surface area contributed by atoms with Gasteiger partial charge < -0.3 is 4.74 Å². The van der Waals surface area contributed by atoms with Crippen LogP contribution in [0.25, 0.3) is 0 Å². The first-order valence-corrected chi connectivity index (χ1v) is 4.37. The van der Waals surface area contributed by atoms with Crippen molar-refractivity contribution in [2.45, 2.75) is 51.4 Å². The number of rotatable bonds is 5. The van der Waals surface area contributed by atoms with Crippen LogP contribution >= 0.6 is 0 Å². The van der Waals surface area contributed by atoms with Gasteiger partial charge in [0, 0.05) is 6.42 Å². The molecule has 1 heterocycles. The molecule has 0 aromatic rings. The zero-order valence-electron chi connectivity index (χ0n) is 7.08. The van der Waals surface area contributed by atoms with Crippen molar-refractivity contribution < 1.29 is 9.57 Å². The molecule has 3 nitrogen and oxygen atoms in total. The molecule has 0 radical (unpaired) electrons. The average Bonchev–Trinajstić information content (AvgIpc) is 1.94. The highest BCUT2D eigenvalue weighted by Gasteiger charge is 2.29. The molecule has 1 aliphatic rings. The van der Waals surface area contributed by atoms with Gasteiger partial charge in [0.2, 0.25) is 0 Å². The third-order valence-corrected chi connectivity index (χ3v) is 2.08. The maximum atomic E-state index is 5.29. The summed E-state index contributed by atoms with van der Waals surface area (Å²) in [6.45, 7) is 2.20. The second-order valence-corrected chi connectivity index (χ2v) is 3.06. The monoisotopic (exact) mass is 159 g/mol. The van der Waals surface area contributed by atoms with Gasteiger partial charge in [-0.2, -0.15) is 0 Å². The summed E-state index contributed by atoms with van der Waals surface area (Å²) in [5.74, 6) is 4.93. The number of ether oxygens (including phenoxy) is 1. The van der Waals surface area contributed by atoms with Crippen molar-refractivity contribution in [3.05, 3.63) is 0 Å². The Labute approximate surface area is 67.8 Å². The predicted octanol–water partition coefficient (Wildman–Crippen LogP) is 1.57. The number of hydrogen-bond acceptors (Lipinski definition) is 3. The highest BCUT2D eigenvalue weighted by atomic mass is 16.8. The van der Waals surface area contributed by atoms with Crippen LogP contribution in [-0.2, 0) is 9.57 Å². The smallest absolute Gasteiger partial charge is 0.179 e. The predicted molar refractivity (Wildman–Crippen MR) is 42.7 cm³/mol. The molecule has 2 unspecified atom stereocenters. The number of unbranched alkanes of at least 4 members (excludes halogenated alkanes) is 2. The first-order valence-electron chi connectivity index (χ1n) is 4.37. The van der Waals surface area contributed by atoms with Gasteiger partial charge >= 0.3 is 0 Å². The maximum absolute atomic E-state index is 5.29. The van der Waals surface area contributed by atoms with E-state index in [9.17, 15) is 0 Å². The summed E-state index contributed by atoms with van der Waals surface area (Å²) in [4.78, 5) is 4.50. The Kier molecular flexibility index (Phi) is 3.83. The summed E-state index contributed by atoms with van der Waals surface area (Å²) in [7, 11) is 0. The summed E-state index contributed by atoms with van der Waals surface area (Å²) in [5, 5.41) is 0. The Morgan fingerprint density at radius 2 is 2.27 bits per heavy atom. The quantitative estimate of drug-likeness (QED) is 0.489. The Balaban J connectivity index is 1.88. The van der Waals surface area contributed by atoms with Gasteiger partial charge in [-0.05, 0) is 6.42 Å². The lowest BCUT2D eigenvalue weighted by Crippen LogP contribution is -2.40. The van der Waals surface area contributed by atoms with E-state index >= 15 is 0 Å². The van der Waals surface area contributed by atoms with Crippen LogP contribution < -0.4 is 5.90 Å². The summed E-state index contributed by atoms with van der Waals surface area (Å²) < 4.78 is 5.29. The minimum Gasteiger partial charge on any atom is -0.347 e. The summed E-state index contributed by atoms with van der Waals surface area (Å²) >= 11 is 0. The van der Waals surface area contributed by atoms with E-state index in [0.29, 0.717) is 6.10 Å². The fourth-order valence-electron chi connectivity index (χ4n) is 1.31. The lowest BCUT2D eigenvalue weighted by Gasteiger charge is -2.33. The fraction of sp³-hybridized carbons (Fsp3) is 1.00. The Hall–Kier alpha value is -0.120. The van der Waals surface area contributed by atoms with Gasteiger partial charge in [0.05, 0.1) is 6.10 Å². The SMILES string of the molecule is CCCCCC1CC(ON)O1. The Morgan fingerprint density at radius 1 is 1.55 bits per heavy atom. The molecule has 11 heavy (non-hydrogen) atoms. The molecule has 0 aliphatic carbocycles. The lowest BCUT2D eigenvalue weighted by atomic mass is 10.0. The first-order chi connectivity index (χ1) is 5.36. The maximum Gasteiger partial charge on any atom is 0.179 e. The zero-order chi connectivity index (χ0) is 8.10. The molecule has 66 valence electrons. The minimum absolute atomic E-state index is 0.123. The topological polar surface area (TPSA) is 44.5 Å². The van der Waals surface area contributed by atoms with Gasteiger partial charge in [-0.15, -0.1) is 0 Å². The van der Waals surface area contributed by atoms with E-state index < -0.39 is 0 Å². The highest BCUT2D eigenvalue weighted by molar-refractivity contribution is 4.70. The van der Waals surface area contributed by atoms with Crippen molar-refractivity contribution in [3.63, 3.8) is 0 Å². The molecule has 1 aliphatic heterocycles. The van der Waals surface area contributed by atoms with E-state index in [-0.39, 0.29) is 6.29 Å². The molecule has 1 rings (SSSR count). The largest absolute Gasteiger partial charge is 0.347 e. The van der Waals surface area contributed by atoms with E-state index in [1.54, 1.807) is 0 Å². The third kappa shape index (κ3) is 2.77. The van der Waals surface area contributed by atoms with Gasteiger partial charge in [-0.25, -0.2) is 5.90 Å². The van der Waals surface area contributed by atoms with E-state index in [1.807, 2.05) is 0 Å². The summed E-state index contributed by atoms with van der Waals surface area (Å²) in [6.07, 6.45) is 6.25. The molecule has 2 N–H and O–H groups in total. The van der Waals surface area contributed by atoms with E-state index in [1.165, 1.54) is 19.3 Å². The van der Waals surface area contributed by atoms with Gasteiger partial charge in [-0.1, -0.05) is 26.2 Å². The van der Waals surface area contributed by atoms with Crippen LogP contribution in [0.4, 0.5) is 0 Å². The molecule has 1 saturated heterocycles. The molecule has 0 aromatic heterocycles. The van der Waals surface area contributed by atoms with Crippen molar-refractivity contribution in [3.8, 4) is 0 Å². The third-order valence-electron chi connectivity index (χ3n) is 2.08. The van der Waals surface area contributed by atoms with Gasteiger partial charge in [0.25, 0.3) is 0 Å². The van der Waals surface area contributed by atoms with Gasteiger partial charge in [0.15, 0.2) is 6.29 Å². The first kappa shape index (κ1) is 8.97. The minimum atomic E-state index is -0.123. The van der Waals surface area contributed by atoms with Crippen molar-refractivity contribution in [1.29, 1.82) is 0 Å². The number of nitrogens with two attached hydrogens (primary N) is 1. The van der Waals surface area contributed by atoms with Crippen LogP contribution in [0, 0.1) is 0 Å². The molecular weight excluding hydrogens is 142 g/mol. The van der Waals surface area contributed by atoms with E-state index in [2.05, 4.69) is 11.8 Å². The summed E-state index contributed by atoms with van der Waals surface area (Å²) in [5.41, 5.74) is 0. The van der Waals surface area contributed by atoms with Crippen LogP contribution in [0.15, 0.2) is 0 Å². The van der Waals surface area contributed by atoms with Crippen molar-refractivity contribution >= 4 is 0 Å².